The van der Waals surface area contributed by atoms with Crippen molar-refractivity contribution in [1.82, 2.24) is 9.97 Å². The average Bonchev–Trinajstić information content (AvgIpc) is 2.90. The molecule has 0 radical (unpaired) electrons. The van der Waals surface area contributed by atoms with Crippen LogP contribution < -0.4 is 0 Å². The molecule has 1 aliphatic rings. The molecular formula is C17H18N2O2. The van der Waals surface area contributed by atoms with Crippen molar-refractivity contribution in [2.45, 2.75) is 38.5 Å². The molecule has 1 aromatic carbocycles. The van der Waals surface area contributed by atoms with E-state index >= 15 is 0 Å². The van der Waals surface area contributed by atoms with Gasteiger partial charge < -0.3 is 5.11 Å². The van der Waals surface area contributed by atoms with Gasteiger partial charge in [0.2, 0.25) is 0 Å². The number of aromatic nitrogens is 2. The second-order valence-electron chi connectivity index (χ2n) is 5.78. The quantitative estimate of drug-likeness (QED) is 0.937. The standard InChI is InChI=1S/C17H18N2O2/c1-10(2)15-14(17(20)21)9-18-16(19-15)13-8-7-11-5-3-4-6-12(11)13/h3-6,9-10,13H,7-8H2,1-2H3,(H,20,21). The summed E-state index contributed by atoms with van der Waals surface area (Å²) < 4.78 is 0. The molecule has 4 nitrogen and oxygen atoms in total. The summed E-state index contributed by atoms with van der Waals surface area (Å²) in [6.45, 7) is 3.92. The molecule has 0 aliphatic heterocycles. The van der Waals surface area contributed by atoms with Crippen LogP contribution in [0, 0.1) is 0 Å². The molecule has 4 heteroatoms. The maximum Gasteiger partial charge on any atom is 0.339 e. The molecule has 1 unspecified atom stereocenters. The molecule has 0 bridgehead atoms. The lowest BCUT2D eigenvalue weighted by Crippen LogP contribution is -2.12. The topological polar surface area (TPSA) is 63.1 Å². The minimum absolute atomic E-state index is 0.0643. The second kappa shape index (κ2) is 5.28. The zero-order valence-electron chi connectivity index (χ0n) is 12.2. The van der Waals surface area contributed by atoms with Crippen LogP contribution in [-0.2, 0) is 6.42 Å². The van der Waals surface area contributed by atoms with E-state index in [0.717, 1.165) is 18.7 Å². The number of rotatable bonds is 3. The minimum Gasteiger partial charge on any atom is -0.478 e. The summed E-state index contributed by atoms with van der Waals surface area (Å²) in [4.78, 5) is 20.2. The smallest absolute Gasteiger partial charge is 0.339 e. The van der Waals surface area contributed by atoms with Crippen LogP contribution in [-0.4, -0.2) is 21.0 Å². The first kappa shape index (κ1) is 13.7. The fraction of sp³-hybridized carbons (Fsp3) is 0.353. The largest absolute Gasteiger partial charge is 0.478 e. The highest BCUT2D eigenvalue weighted by Crippen LogP contribution is 2.36. The number of hydrogen-bond acceptors (Lipinski definition) is 3. The van der Waals surface area contributed by atoms with Crippen molar-refractivity contribution in [3.8, 4) is 0 Å². The van der Waals surface area contributed by atoms with Crippen LogP contribution in [0.2, 0.25) is 0 Å². The summed E-state index contributed by atoms with van der Waals surface area (Å²) in [5, 5.41) is 9.25. The second-order valence-corrected chi connectivity index (χ2v) is 5.78. The molecule has 1 heterocycles. The van der Waals surface area contributed by atoms with Crippen molar-refractivity contribution in [1.29, 1.82) is 0 Å². The Kier molecular flexibility index (Phi) is 3.45. The third kappa shape index (κ3) is 2.42. The predicted octanol–water partition coefficient (Wildman–Crippen LogP) is 3.38. The van der Waals surface area contributed by atoms with Gasteiger partial charge in [-0.2, -0.15) is 0 Å². The van der Waals surface area contributed by atoms with Gasteiger partial charge in [0.25, 0.3) is 0 Å². The predicted molar refractivity (Wildman–Crippen MR) is 79.7 cm³/mol. The summed E-state index contributed by atoms with van der Waals surface area (Å²) >= 11 is 0. The van der Waals surface area contributed by atoms with Crippen molar-refractivity contribution in [2.24, 2.45) is 0 Å². The Morgan fingerprint density at radius 1 is 1.33 bits per heavy atom. The normalized spacial score (nSPS) is 17.0. The number of fused-ring (bicyclic) bond motifs is 1. The number of carboxylic acids is 1. The molecule has 0 spiro atoms. The molecule has 0 saturated heterocycles. The van der Waals surface area contributed by atoms with Gasteiger partial charge in [0.15, 0.2) is 0 Å². The Labute approximate surface area is 123 Å². The van der Waals surface area contributed by atoms with E-state index < -0.39 is 5.97 Å². The Morgan fingerprint density at radius 2 is 2.10 bits per heavy atom. The number of aryl methyl sites for hydroxylation is 1. The number of nitrogens with zero attached hydrogens (tertiary/aromatic N) is 2. The van der Waals surface area contributed by atoms with Gasteiger partial charge in [-0.25, -0.2) is 14.8 Å². The number of carboxylic acid groups (broad SMARTS) is 1. The summed E-state index contributed by atoms with van der Waals surface area (Å²) in [5.41, 5.74) is 3.45. The highest BCUT2D eigenvalue weighted by Gasteiger charge is 2.27. The zero-order chi connectivity index (χ0) is 15.0. The van der Waals surface area contributed by atoms with Crippen molar-refractivity contribution in [3.05, 3.63) is 58.7 Å². The first-order chi connectivity index (χ1) is 10.1. The maximum absolute atomic E-state index is 11.3. The molecule has 1 N–H and O–H groups in total. The van der Waals surface area contributed by atoms with E-state index in [9.17, 15) is 9.90 Å². The van der Waals surface area contributed by atoms with Crippen LogP contribution in [0.1, 0.15) is 65.1 Å². The number of aromatic carboxylic acids is 1. The van der Waals surface area contributed by atoms with Gasteiger partial charge in [0.1, 0.15) is 5.82 Å². The molecule has 2 aromatic rings. The Hall–Kier alpha value is -2.23. The van der Waals surface area contributed by atoms with E-state index in [1.165, 1.54) is 17.3 Å². The third-order valence-electron chi connectivity index (χ3n) is 4.06. The van der Waals surface area contributed by atoms with Crippen molar-refractivity contribution in [2.75, 3.05) is 0 Å². The van der Waals surface area contributed by atoms with Gasteiger partial charge in [0.05, 0.1) is 11.3 Å². The maximum atomic E-state index is 11.3. The molecular weight excluding hydrogens is 264 g/mol. The first-order valence-electron chi connectivity index (χ1n) is 7.26. The first-order valence-corrected chi connectivity index (χ1v) is 7.26. The van der Waals surface area contributed by atoms with E-state index in [4.69, 9.17) is 0 Å². The van der Waals surface area contributed by atoms with Crippen molar-refractivity contribution >= 4 is 5.97 Å². The van der Waals surface area contributed by atoms with Crippen LogP contribution in [0.25, 0.3) is 0 Å². The zero-order valence-corrected chi connectivity index (χ0v) is 12.2. The lowest BCUT2D eigenvalue weighted by Gasteiger charge is -2.14. The molecule has 3 rings (SSSR count). The van der Waals surface area contributed by atoms with E-state index in [1.807, 2.05) is 19.9 Å². The van der Waals surface area contributed by atoms with E-state index in [2.05, 4.69) is 28.2 Å². The van der Waals surface area contributed by atoms with Gasteiger partial charge in [0, 0.05) is 12.1 Å². The lowest BCUT2D eigenvalue weighted by atomic mass is 9.99. The number of carbonyl (C=O) groups is 1. The third-order valence-corrected chi connectivity index (χ3v) is 4.06. The highest BCUT2D eigenvalue weighted by molar-refractivity contribution is 5.88. The molecule has 0 amide bonds. The van der Waals surface area contributed by atoms with Crippen LogP contribution in [0.15, 0.2) is 30.5 Å². The molecule has 108 valence electrons. The Bertz CT molecular complexity index is 695. The Morgan fingerprint density at radius 3 is 2.81 bits per heavy atom. The molecule has 0 fully saturated rings. The summed E-state index contributed by atoms with van der Waals surface area (Å²) in [7, 11) is 0. The van der Waals surface area contributed by atoms with Gasteiger partial charge >= 0.3 is 5.97 Å². The van der Waals surface area contributed by atoms with Crippen LogP contribution >= 0.6 is 0 Å². The van der Waals surface area contributed by atoms with Crippen LogP contribution in [0.5, 0.6) is 0 Å². The SMILES string of the molecule is CC(C)c1nc(C2CCc3ccccc32)ncc1C(=O)O. The van der Waals surface area contributed by atoms with E-state index in [0.29, 0.717) is 5.69 Å². The fourth-order valence-electron chi connectivity index (χ4n) is 3.01. The van der Waals surface area contributed by atoms with Gasteiger partial charge in [-0.15, -0.1) is 0 Å². The van der Waals surface area contributed by atoms with Gasteiger partial charge in [-0.1, -0.05) is 38.1 Å². The molecule has 21 heavy (non-hydrogen) atoms. The van der Waals surface area contributed by atoms with Crippen LogP contribution in [0.3, 0.4) is 0 Å². The molecule has 1 aromatic heterocycles. The van der Waals surface area contributed by atoms with Gasteiger partial charge in [-0.3, -0.25) is 0 Å². The van der Waals surface area contributed by atoms with E-state index in [-0.39, 0.29) is 17.4 Å². The molecule has 0 saturated carbocycles. The lowest BCUT2D eigenvalue weighted by molar-refractivity contribution is 0.0694. The summed E-state index contributed by atoms with van der Waals surface area (Å²) in [6, 6.07) is 8.35. The monoisotopic (exact) mass is 282 g/mol. The fourth-order valence-corrected chi connectivity index (χ4v) is 3.01. The van der Waals surface area contributed by atoms with Crippen LogP contribution in [0.4, 0.5) is 0 Å². The average molecular weight is 282 g/mol. The van der Waals surface area contributed by atoms with Crippen molar-refractivity contribution < 1.29 is 9.90 Å². The highest BCUT2D eigenvalue weighted by atomic mass is 16.4. The number of benzene rings is 1. The van der Waals surface area contributed by atoms with E-state index in [1.54, 1.807) is 0 Å². The van der Waals surface area contributed by atoms with Crippen molar-refractivity contribution in [3.63, 3.8) is 0 Å². The summed E-state index contributed by atoms with van der Waals surface area (Å²) in [5.74, 6) is 0.0294. The minimum atomic E-state index is -0.961. The molecule has 1 atom stereocenters. The summed E-state index contributed by atoms with van der Waals surface area (Å²) in [6.07, 6.45) is 3.48. The van der Waals surface area contributed by atoms with Gasteiger partial charge in [-0.05, 0) is 29.9 Å². The molecule has 1 aliphatic carbocycles. The number of hydrogen-bond donors (Lipinski definition) is 1. The Balaban J connectivity index is 2.05.